The Bertz CT molecular complexity index is 1170. The molecule has 2 N–H and O–H groups in total. The van der Waals surface area contributed by atoms with Gasteiger partial charge in [0.15, 0.2) is 0 Å². The van der Waals surface area contributed by atoms with Gasteiger partial charge in [0.25, 0.3) is 0 Å². The average Bonchev–Trinajstić information content (AvgIpc) is 3.25. The number of nitrogens with one attached hydrogen (secondary N) is 2. The van der Waals surface area contributed by atoms with Crippen molar-refractivity contribution >= 4 is 27.8 Å². The van der Waals surface area contributed by atoms with Gasteiger partial charge in [-0.05, 0) is 25.1 Å². The molecule has 3 heterocycles. The van der Waals surface area contributed by atoms with Crippen LogP contribution in [0.3, 0.4) is 0 Å². The monoisotopic (exact) mass is 346 g/mol. The van der Waals surface area contributed by atoms with Crippen LogP contribution in [-0.2, 0) is 17.8 Å². The normalized spacial score (nSPS) is 10.9. The smallest absolute Gasteiger partial charge is 0.227 e. The molecule has 0 saturated carbocycles. The number of fused-ring (bicyclic) bond motifs is 3. The number of aryl methyl sites for hydroxylation is 1. The summed E-state index contributed by atoms with van der Waals surface area (Å²) >= 11 is 0. The maximum absolute atomic E-state index is 12.1. The topological polar surface area (TPSA) is 120 Å². The zero-order valence-corrected chi connectivity index (χ0v) is 13.9. The summed E-state index contributed by atoms with van der Waals surface area (Å²) in [6, 6.07) is 9.14. The lowest BCUT2D eigenvalue weighted by Crippen LogP contribution is -2.25. The molecule has 4 aromatic rings. The molecule has 0 radical (unpaired) electrons. The van der Waals surface area contributed by atoms with Crippen LogP contribution in [-0.4, -0.2) is 26.0 Å². The summed E-state index contributed by atoms with van der Waals surface area (Å²) in [5, 5.41) is 16.5. The molecule has 0 aliphatic heterocycles. The lowest BCUT2D eigenvalue weighted by atomic mass is 10.1. The van der Waals surface area contributed by atoms with E-state index in [1.807, 2.05) is 0 Å². The van der Waals surface area contributed by atoms with Gasteiger partial charge < -0.3 is 14.8 Å². The highest BCUT2D eigenvalue weighted by molar-refractivity contribution is 6.02. The van der Waals surface area contributed by atoms with Crippen LogP contribution in [0.5, 0.6) is 0 Å². The minimum atomic E-state index is -0.181. The van der Waals surface area contributed by atoms with Gasteiger partial charge >= 0.3 is 0 Å². The third-order valence-corrected chi connectivity index (χ3v) is 3.97. The predicted molar refractivity (Wildman–Crippen MR) is 92.9 cm³/mol. The van der Waals surface area contributed by atoms with Crippen LogP contribution in [0.4, 0.5) is 0 Å². The van der Waals surface area contributed by atoms with Crippen LogP contribution in [0.1, 0.15) is 22.8 Å². The van der Waals surface area contributed by atoms with Gasteiger partial charge in [0.1, 0.15) is 17.3 Å². The molecular weight excluding hydrogens is 332 g/mol. The summed E-state index contributed by atoms with van der Waals surface area (Å²) in [6.45, 7) is 2.09. The van der Waals surface area contributed by atoms with E-state index in [1.165, 1.54) is 0 Å². The molecule has 1 aromatic carbocycles. The van der Waals surface area contributed by atoms with Gasteiger partial charge in [-0.15, -0.1) is 0 Å². The molecule has 128 valence electrons. The van der Waals surface area contributed by atoms with Crippen molar-refractivity contribution < 1.29 is 9.32 Å². The fourth-order valence-corrected chi connectivity index (χ4v) is 2.77. The molecule has 8 heteroatoms. The summed E-state index contributed by atoms with van der Waals surface area (Å²) in [5.41, 5.74) is 3.38. The van der Waals surface area contributed by atoms with Crippen LogP contribution < -0.4 is 5.32 Å². The Balaban J connectivity index is 1.56. The molecule has 0 unspecified atom stereocenters. The zero-order valence-electron chi connectivity index (χ0n) is 13.9. The van der Waals surface area contributed by atoms with Crippen molar-refractivity contribution in [3.05, 3.63) is 53.3 Å². The van der Waals surface area contributed by atoms with Gasteiger partial charge in [0.05, 0.1) is 47.3 Å². The average molecular weight is 346 g/mol. The van der Waals surface area contributed by atoms with Gasteiger partial charge in [-0.3, -0.25) is 9.78 Å². The van der Waals surface area contributed by atoms with Gasteiger partial charge in [-0.1, -0.05) is 5.16 Å². The first-order chi connectivity index (χ1) is 12.6. The molecule has 0 saturated heterocycles. The van der Waals surface area contributed by atoms with Crippen LogP contribution in [0.2, 0.25) is 0 Å². The Hall–Kier alpha value is -3.73. The maximum Gasteiger partial charge on any atom is 0.227 e. The molecule has 26 heavy (non-hydrogen) atoms. The minimum Gasteiger partial charge on any atom is -0.361 e. The van der Waals surface area contributed by atoms with Gasteiger partial charge in [0, 0.05) is 11.5 Å². The Morgan fingerprint density at radius 2 is 2.27 bits per heavy atom. The number of H-pyrrole nitrogens is 1. The van der Waals surface area contributed by atoms with Gasteiger partial charge in [0.2, 0.25) is 5.91 Å². The summed E-state index contributed by atoms with van der Waals surface area (Å²) in [4.78, 5) is 24.1. The summed E-state index contributed by atoms with van der Waals surface area (Å²) in [5.74, 6) is 1.05. The molecule has 4 rings (SSSR count). The molecule has 0 spiro atoms. The van der Waals surface area contributed by atoms with Crippen LogP contribution in [0.15, 0.2) is 35.0 Å². The fraction of sp³-hybridized carbons (Fsp3) is 0.167. The summed E-state index contributed by atoms with van der Waals surface area (Å²) < 4.78 is 4.97. The van der Waals surface area contributed by atoms with Crippen molar-refractivity contribution in [1.29, 1.82) is 5.26 Å². The van der Waals surface area contributed by atoms with E-state index in [-0.39, 0.29) is 12.3 Å². The summed E-state index contributed by atoms with van der Waals surface area (Å²) in [7, 11) is 0. The van der Waals surface area contributed by atoms with E-state index < -0.39 is 0 Å². The fourth-order valence-electron chi connectivity index (χ4n) is 2.77. The van der Waals surface area contributed by atoms with E-state index in [2.05, 4.69) is 31.5 Å². The minimum absolute atomic E-state index is 0.102. The first kappa shape index (κ1) is 15.8. The highest BCUT2D eigenvalue weighted by atomic mass is 16.5. The Kier molecular flexibility index (Phi) is 3.82. The number of carbonyl (C=O) groups excluding carboxylic acids is 1. The molecule has 3 aromatic heterocycles. The SMILES string of the molecule is Cc1cc(CNC(=O)Cc2nc3c(cnc4ccc(C#N)cc43)[nH]2)no1. The number of hydrogen-bond acceptors (Lipinski definition) is 6. The number of nitriles is 1. The number of carbonyl (C=O) groups is 1. The zero-order chi connectivity index (χ0) is 18.1. The first-order valence-corrected chi connectivity index (χ1v) is 7.99. The number of aromatic nitrogens is 4. The van der Waals surface area contributed by atoms with Crippen LogP contribution in [0.25, 0.3) is 21.9 Å². The van der Waals surface area contributed by atoms with E-state index in [0.29, 0.717) is 34.9 Å². The number of aromatic amines is 1. The molecule has 0 bridgehead atoms. The summed E-state index contributed by atoms with van der Waals surface area (Å²) in [6.07, 6.45) is 1.78. The van der Waals surface area contributed by atoms with Crippen molar-refractivity contribution in [2.45, 2.75) is 19.9 Å². The highest BCUT2D eigenvalue weighted by Gasteiger charge is 2.12. The molecular formula is C18H14N6O2. The van der Waals surface area contributed by atoms with E-state index in [1.54, 1.807) is 37.4 Å². The number of pyridine rings is 1. The third kappa shape index (κ3) is 2.98. The molecule has 1 amide bonds. The second-order valence-electron chi connectivity index (χ2n) is 5.93. The van der Waals surface area contributed by atoms with E-state index in [9.17, 15) is 4.79 Å². The molecule has 0 aliphatic carbocycles. The molecule has 0 fully saturated rings. The Labute approximate surface area is 147 Å². The van der Waals surface area contributed by atoms with E-state index in [4.69, 9.17) is 9.78 Å². The van der Waals surface area contributed by atoms with Gasteiger partial charge in [-0.2, -0.15) is 5.26 Å². The van der Waals surface area contributed by atoms with E-state index >= 15 is 0 Å². The van der Waals surface area contributed by atoms with E-state index in [0.717, 1.165) is 16.4 Å². The number of amides is 1. The first-order valence-electron chi connectivity index (χ1n) is 7.99. The molecule has 0 aliphatic rings. The standard InChI is InChI=1S/C18H14N6O2/c1-10-4-12(24-26-10)8-21-17(25)6-16-22-15-9-20-14-3-2-11(7-19)5-13(14)18(15)23-16/h2-5,9H,6,8H2,1H3,(H,21,25)(H,22,23). The maximum atomic E-state index is 12.1. The highest BCUT2D eigenvalue weighted by Crippen LogP contribution is 2.22. The number of hydrogen-bond donors (Lipinski definition) is 2. The third-order valence-electron chi connectivity index (χ3n) is 3.97. The number of nitrogens with zero attached hydrogens (tertiary/aromatic N) is 4. The second-order valence-corrected chi connectivity index (χ2v) is 5.93. The van der Waals surface area contributed by atoms with Crippen LogP contribution in [0, 0.1) is 18.3 Å². The van der Waals surface area contributed by atoms with Crippen molar-refractivity contribution in [2.24, 2.45) is 0 Å². The lowest BCUT2D eigenvalue weighted by molar-refractivity contribution is -0.120. The number of benzene rings is 1. The van der Waals surface area contributed by atoms with Crippen molar-refractivity contribution in [2.75, 3.05) is 0 Å². The molecule has 0 atom stereocenters. The van der Waals surface area contributed by atoms with Crippen molar-refractivity contribution in [3.63, 3.8) is 0 Å². The Morgan fingerprint density at radius 1 is 1.38 bits per heavy atom. The predicted octanol–water partition coefficient (Wildman–Crippen LogP) is 2.14. The quantitative estimate of drug-likeness (QED) is 0.584. The molecule has 8 nitrogen and oxygen atoms in total. The van der Waals surface area contributed by atoms with Crippen LogP contribution >= 0.6 is 0 Å². The Morgan fingerprint density at radius 3 is 3.04 bits per heavy atom. The van der Waals surface area contributed by atoms with Gasteiger partial charge in [-0.25, -0.2) is 4.98 Å². The second kappa shape index (κ2) is 6.29. The number of rotatable bonds is 4. The largest absolute Gasteiger partial charge is 0.361 e. The van der Waals surface area contributed by atoms with Crippen molar-refractivity contribution in [1.82, 2.24) is 25.4 Å². The number of imidazole rings is 1. The lowest BCUT2D eigenvalue weighted by Gasteiger charge is -2.00. The van der Waals surface area contributed by atoms with Crippen molar-refractivity contribution in [3.8, 4) is 6.07 Å².